The number of hydrogen-bond acceptors (Lipinski definition) is 3. The average molecular weight is 260 g/mol. The lowest BCUT2D eigenvalue weighted by molar-refractivity contribution is -0.138. The van der Waals surface area contributed by atoms with Crippen LogP contribution in [0.25, 0.3) is 0 Å². The van der Waals surface area contributed by atoms with Gasteiger partial charge in [-0.05, 0) is 22.0 Å². The number of ether oxygens (including phenoxy) is 1. The number of carboxylic acid groups (broad SMARTS) is 1. The van der Waals surface area contributed by atoms with E-state index in [9.17, 15) is 4.79 Å². The SMILES string of the molecule is COc1c(Br)cccc1[C@@H](N)C(=O)O. The normalized spacial score (nSPS) is 12.2. The number of para-hydroxylation sites is 1. The number of carboxylic acids is 1. The molecule has 0 saturated carbocycles. The zero-order chi connectivity index (χ0) is 10.7. The van der Waals surface area contributed by atoms with Crippen molar-refractivity contribution in [2.45, 2.75) is 6.04 Å². The number of nitrogens with two attached hydrogens (primary N) is 1. The first kappa shape index (κ1) is 11.0. The quantitative estimate of drug-likeness (QED) is 0.864. The highest BCUT2D eigenvalue weighted by atomic mass is 79.9. The number of benzene rings is 1. The van der Waals surface area contributed by atoms with Gasteiger partial charge in [0, 0.05) is 5.56 Å². The molecular formula is C9H10BrNO3. The summed E-state index contributed by atoms with van der Waals surface area (Å²) in [5.41, 5.74) is 5.94. The van der Waals surface area contributed by atoms with Gasteiger partial charge in [0.25, 0.3) is 0 Å². The molecule has 14 heavy (non-hydrogen) atoms. The molecule has 0 aliphatic carbocycles. The topological polar surface area (TPSA) is 72.5 Å². The summed E-state index contributed by atoms with van der Waals surface area (Å²) in [4.78, 5) is 10.7. The van der Waals surface area contributed by atoms with Crippen LogP contribution in [0.15, 0.2) is 22.7 Å². The van der Waals surface area contributed by atoms with E-state index >= 15 is 0 Å². The number of rotatable bonds is 3. The van der Waals surface area contributed by atoms with E-state index in [1.165, 1.54) is 7.11 Å². The first-order valence-electron chi connectivity index (χ1n) is 3.88. The molecule has 0 bridgehead atoms. The Morgan fingerprint density at radius 1 is 1.64 bits per heavy atom. The van der Waals surface area contributed by atoms with E-state index in [1.54, 1.807) is 18.2 Å². The molecule has 0 aliphatic heterocycles. The smallest absolute Gasteiger partial charge is 0.325 e. The number of methoxy groups -OCH3 is 1. The fraction of sp³-hybridized carbons (Fsp3) is 0.222. The van der Waals surface area contributed by atoms with Gasteiger partial charge >= 0.3 is 5.97 Å². The van der Waals surface area contributed by atoms with Crippen LogP contribution in [-0.2, 0) is 4.79 Å². The van der Waals surface area contributed by atoms with Crippen molar-refractivity contribution in [3.05, 3.63) is 28.2 Å². The standard InChI is InChI=1S/C9H10BrNO3/c1-14-8-5(7(11)9(12)13)3-2-4-6(8)10/h2-4,7H,11H2,1H3,(H,12,13)/t7-/m1/s1. The molecule has 0 fully saturated rings. The Morgan fingerprint density at radius 2 is 2.29 bits per heavy atom. The molecule has 4 nitrogen and oxygen atoms in total. The Morgan fingerprint density at radius 3 is 2.79 bits per heavy atom. The van der Waals surface area contributed by atoms with E-state index in [0.717, 1.165) is 0 Å². The number of aliphatic carboxylic acids is 1. The predicted octanol–water partition coefficient (Wildman–Crippen LogP) is 1.54. The molecule has 0 unspecified atom stereocenters. The van der Waals surface area contributed by atoms with Crippen molar-refractivity contribution in [2.24, 2.45) is 5.73 Å². The minimum absolute atomic E-state index is 0.453. The first-order chi connectivity index (χ1) is 6.57. The molecule has 0 aliphatic rings. The molecule has 0 heterocycles. The lowest BCUT2D eigenvalue weighted by atomic mass is 10.1. The van der Waals surface area contributed by atoms with Gasteiger partial charge in [-0.3, -0.25) is 4.79 Å². The van der Waals surface area contributed by atoms with Gasteiger partial charge in [0.15, 0.2) is 0 Å². The third-order valence-corrected chi connectivity index (χ3v) is 2.43. The second-order valence-electron chi connectivity index (χ2n) is 2.68. The Labute approximate surface area is 89.8 Å². The fourth-order valence-corrected chi connectivity index (χ4v) is 1.66. The molecule has 1 atom stereocenters. The van der Waals surface area contributed by atoms with E-state index in [2.05, 4.69) is 15.9 Å². The van der Waals surface area contributed by atoms with Crippen LogP contribution in [0, 0.1) is 0 Å². The summed E-state index contributed by atoms with van der Waals surface area (Å²) in [6.45, 7) is 0. The monoisotopic (exact) mass is 259 g/mol. The second-order valence-corrected chi connectivity index (χ2v) is 3.53. The summed E-state index contributed by atoms with van der Waals surface area (Å²) in [5.74, 6) is -0.621. The second kappa shape index (κ2) is 4.43. The minimum Gasteiger partial charge on any atom is -0.495 e. The predicted molar refractivity (Wildman–Crippen MR) is 55.3 cm³/mol. The summed E-state index contributed by atoms with van der Waals surface area (Å²) in [6, 6.07) is 4.03. The van der Waals surface area contributed by atoms with Crippen LogP contribution in [0.1, 0.15) is 11.6 Å². The van der Waals surface area contributed by atoms with Gasteiger partial charge in [0.1, 0.15) is 11.8 Å². The molecule has 0 aromatic heterocycles. The Bertz CT molecular complexity index is 354. The summed E-state index contributed by atoms with van der Waals surface area (Å²) >= 11 is 3.25. The van der Waals surface area contributed by atoms with E-state index in [4.69, 9.17) is 15.6 Å². The van der Waals surface area contributed by atoms with Crippen molar-refractivity contribution in [2.75, 3.05) is 7.11 Å². The van der Waals surface area contributed by atoms with Crippen LogP contribution in [0.5, 0.6) is 5.75 Å². The fourth-order valence-electron chi connectivity index (χ4n) is 1.12. The van der Waals surface area contributed by atoms with Crippen LogP contribution >= 0.6 is 15.9 Å². The third kappa shape index (κ3) is 2.05. The van der Waals surface area contributed by atoms with Gasteiger partial charge in [-0.2, -0.15) is 0 Å². The molecular weight excluding hydrogens is 250 g/mol. The third-order valence-electron chi connectivity index (χ3n) is 1.80. The van der Waals surface area contributed by atoms with Gasteiger partial charge in [-0.1, -0.05) is 12.1 Å². The molecule has 0 saturated heterocycles. The van der Waals surface area contributed by atoms with Crippen molar-refractivity contribution in [1.82, 2.24) is 0 Å². The van der Waals surface area contributed by atoms with Crippen LogP contribution < -0.4 is 10.5 Å². The van der Waals surface area contributed by atoms with Crippen molar-refractivity contribution in [3.63, 3.8) is 0 Å². The van der Waals surface area contributed by atoms with E-state index in [1.807, 2.05) is 0 Å². The first-order valence-corrected chi connectivity index (χ1v) is 4.68. The molecule has 3 N–H and O–H groups in total. The molecule has 76 valence electrons. The van der Waals surface area contributed by atoms with Gasteiger partial charge in [0.05, 0.1) is 11.6 Å². The van der Waals surface area contributed by atoms with Gasteiger partial charge in [-0.15, -0.1) is 0 Å². The van der Waals surface area contributed by atoms with E-state index < -0.39 is 12.0 Å². The number of halogens is 1. The van der Waals surface area contributed by atoms with Crippen LogP contribution in [0.2, 0.25) is 0 Å². The highest BCUT2D eigenvalue weighted by molar-refractivity contribution is 9.10. The maximum atomic E-state index is 10.7. The summed E-state index contributed by atoms with van der Waals surface area (Å²) in [7, 11) is 1.47. The highest BCUT2D eigenvalue weighted by Gasteiger charge is 2.19. The van der Waals surface area contributed by atoms with Crippen molar-refractivity contribution in [1.29, 1.82) is 0 Å². The van der Waals surface area contributed by atoms with Crippen LogP contribution in [0.3, 0.4) is 0 Å². The van der Waals surface area contributed by atoms with E-state index in [-0.39, 0.29) is 0 Å². The molecule has 1 aromatic carbocycles. The lowest BCUT2D eigenvalue weighted by Crippen LogP contribution is -2.21. The molecule has 1 rings (SSSR count). The number of hydrogen-bond donors (Lipinski definition) is 2. The minimum atomic E-state index is -1.08. The molecule has 0 spiro atoms. The summed E-state index contributed by atoms with van der Waals surface area (Å²) in [6.07, 6.45) is 0. The maximum absolute atomic E-state index is 10.7. The lowest BCUT2D eigenvalue weighted by Gasteiger charge is -2.12. The number of carbonyl (C=O) groups is 1. The average Bonchev–Trinajstić information content (AvgIpc) is 2.16. The van der Waals surface area contributed by atoms with Gasteiger partial charge in [0.2, 0.25) is 0 Å². The molecule has 5 heteroatoms. The Hall–Kier alpha value is -1.07. The summed E-state index contributed by atoms with van der Waals surface area (Å²) in [5, 5.41) is 8.75. The zero-order valence-electron chi connectivity index (χ0n) is 7.53. The molecule has 0 amide bonds. The molecule has 1 aromatic rings. The van der Waals surface area contributed by atoms with Crippen molar-refractivity contribution in [3.8, 4) is 5.75 Å². The van der Waals surface area contributed by atoms with Gasteiger partial charge < -0.3 is 15.6 Å². The maximum Gasteiger partial charge on any atom is 0.325 e. The Kier molecular flexibility index (Phi) is 3.49. The van der Waals surface area contributed by atoms with E-state index in [0.29, 0.717) is 15.8 Å². The van der Waals surface area contributed by atoms with Crippen molar-refractivity contribution >= 4 is 21.9 Å². The summed E-state index contributed by atoms with van der Waals surface area (Å²) < 4.78 is 5.75. The highest BCUT2D eigenvalue weighted by Crippen LogP contribution is 2.31. The zero-order valence-corrected chi connectivity index (χ0v) is 9.11. The largest absolute Gasteiger partial charge is 0.495 e. The Balaban J connectivity index is 3.20. The van der Waals surface area contributed by atoms with Gasteiger partial charge in [-0.25, -0.2) is 0 Å². The van der Waals surface area contributed by atoms with Crippen LogP contribution in [-0.4, -0.2) is 18.2 Å². The van der Waals surface area contributed by atoms with Crippen molar-refractivity contribution < 1.29 is 14.6 Å². The van der Waals surface area contributed by atoms with Crippen LogP contribution in [0.4, 0.5) is 0 Å². The molecule has 0 radical (unpaired) electrons.